The van der Waals surface area contributed by atoms with Crippen LogP contribution in [0, 0.1) is 11.8 Å². The number of amides is 2. The molecule has 1 saturated carbocycles. The number of hydrogen-bond acceptors (Lipinski definition) is 5. The van der Waals surface area contributed by atoms with Gasteiger partial charge in [-0.15, -0.1) is 0 Å². The number of rotatable bonds is 8. The van der Waals surface area contributed by atoms with E-state index in [1.807, 2.05) is 24.3 Å². The van der Waals surface area contributed by atoms with Gasteiger partial charge in [-0.25, -0.2) is 9.59 Å². The maximum Gasteiger partial charge on any atom is 0.407 e. The van der Waals surface area contributed by atoms with Crippen LogP contribution in [0.4, 0.5) is 4.79 Å². The Morgan fingerprint density at radius 1 is 1.00 bits per heavy atom. The maximum atomic E-state index is 12.7. The molecule has 8 nitrogen and oxygen atoms in total. The molecule has 1 unspecified atom stereocenters. The monoisotopic (exact) mass is 478 g/mol. The smallest absolute Gasteiger partial charge is 0.407 e. The Bertz CT molecular complexity index is 1070. The van der Waals surface area contributed by atoms with Crippen molar-refractivity contribution in [1.29, 1.82) is 0 Å². The molecule has 3 N–H and O–H groups in total. The first-order chi connectivity index (χ1) is 17.0. The highest BCUT2D eigenvalue weighted by molar-refractivity contribution is 5.87. The molecule has 184 valence electrons. The summed E-state index contributed by atoms with van der Waals surface area (Å²) in [7, 11) is 0. The second-order valence-corrected chi connectivity index (χ2v) is 9.56. The zero-order valence-corrected chi connectivity index (χ0v) is 19.4. The Balaban J connectivity index is 1.14. The average molecular weight is 479 g/mol. The third-order valence-electron chi connectivity index (χ3n) is 7.51. The molecule has 0 radical (unpaired) electrons. The first kappa shape index (κ1) is 23.4. The van der Waals surface area contributed by atoms with E-state index in [-0.39, 0.29) is 30.9 Å². The zero-order chi connectivity index (χ0) is 24.4. The number of ether oxygens (including phenoxy) is 2. The number of carboxylic acid groups (broad SMARTS) is 1. The van der Waals surface area contributed by atoms with Gasteiger partial charge in [-0.2, -0.15) is 0 Å². The van der Waals surface area contributed by atoms with Gasteiger partial charge in [0.1, 0.15) is 18.8 Å². The highest BCUT2D eigenvalue weighted by atomic mass is 16.5. The van der Waals surface area contributed by atoms with Crippen molar-refractivity contribution in [3.63, 3.8) is 0 Å². The summed E-state index contributed by atoms with van der Waals surface area (Å²) < 4.78 is 11.2. The van der Waals surface area contributed by atoms with Crippen LogP contribution >= 0.6 is 0 Å². The first-order valence-corrected chi connectivity index (χ1v) is 12.3. The molecule has 8 heteroatoms. The number of carbonyl (C=O) groups excluding carboxylic acids is 2. The summed E-state index contributed by atoms with van der Waals surface area (Å²) in [6.07, 6.45) is 1.85. The van der Waals surface area contributed by atoms with Crippen molar-refractivity contribution in [3.8, 4) is 11.1 Å². The molecule has 2 aromatic rings. The topological polar surface area (TPSA) is 114 Å². The normalized spacial score (nSPS) is 21.9. The molecule has 35 heavy (non-hydrogen) atoms. The molecule has 3 aliphatic rings. The SMILES string of the molecule is O=C(NC[C@H]1CCO[C@H]1C(=O)NC(C(=O)O)C1CCC1)OCC1c2ccccc2-c2ccccc21. The van der Waals surface area contributed by atoms with Crippen molar-refractivity contribution in [2.45, 2.75) is 43.7 Å². The average Bonchev–Trinajstić information content (AvgIpc) is 3.42. The summed E-state index contributed by atoms with van der Waals surface area (Å²) in [5.41, 5.74) is 4.61. The van der Waals surface area contributed by atoms with Crippen LogP contribution in [0.2, 0.25) is 0 Å². The summed E-state index contributed by atoms with van der Waals surface area (Å²) in [4.78, 5) is 36.8. The molecule has 0 bridgehead atoms. The number of carbonyl (C=O) groups is 3. The second-order valence-electron chi connectivity index (χ2n) is 9.56. The molecule has 0 spiro atoms. The van der Waals surface area contributed by atoms with Gasteiger partial charge < -0.3 is 25.2 Å². The van der Waals surface area contributed by atoms with Gasteiger partial charge in [-0.05, 0) is 47.4 Å². The number of alkyl carbamates (subject to hydrolysis) is 1. The van der Waals surface area contributed by atoms with E-state index in [2.05, 4.69) is 34.9 Å². The quantitative estimate of drug-likeness (QED) is 0.537. The lowest BCUT2D eigenvalue weighted by Crippen LogP contribution is -2.52. The molecule has 2 aromatic carbocycles. The van der Waals surface area contributed by atoms with Gasteiger partial charge in [0, 0.05) is 25.0 Å². The van der Waals surface area contributed by atoms with E-state index >= 15 is 0 Å². The van der Waals surface area contributed by atoms with E-state index in [0.717, 1.165) is 41.5 Å². The Kier molecular flexibility index (Phi) is 6.72. The van der Waals surface area contributed by atoms with E-state index in [9.17, 15) is 19.5 Å². The molecule has 1 aliphatic heterocycles. The fraction of sp³-hybridized carbons (Fsp3) is 0.444. The van der Waals surface area contributed by atoms with Crippen LogP contribution in [0.3, 0.4) is 0 Å². The minimum absolute atomic E-state index is 0.0269. The molecule has 2 fully saturated rings. The number of fused-ring (bicyclic) bond motifs is 3. The predicted octanol–water partition coefficient (Wildman–Crippen LogP) is 3.30. The molecular weight excluding hydrogens is 448 g/mol. The van der Waals surface area contributed by atoms with Gasteiger partial charge in [-0.3, -0.25) is 4.79 Å². The fourth-order valence-electron chi connectivity index (χ4n) is 5.39. The maximum absolute atomic E-state index is 12.7. The predicted molar refractivity (Wildman–Crippen MR) is 128 cm³/mol. The Hall–Kier alpha value is -3.39. The van der Waals surface area contributed by atoms with Crippen molar-refractivity contribution in [2.24, 2.45) is 11.8 Å². The van der Waals surface area contributed by atoms with Crippen molar-refractivity contribution in [1.82, 2.24) is 10.6 Å². The van der Waals surface area contributed by atoms with E-state index in [1.54, 1.807) is 0 Å². The Labute approximate surface area is 204 Å². The number of hydrogen-bond donors (Lipinski definition) is 3. The van der Waals surface area contributed by atoms with E-state index in [1.165, 1.54) is 0 Å². The standard InChI is InChI=1S/C27H30N2O6/c30-25(29-23(26(31)32)16-6-5-7-16)24-17(12-13-34-24)14-28-27(33)35-15-22-20-10-3-1-8-18(20)19-9-2-4-11-21(19)22/h1-4,8-11,16-17,22-24H,5-7,12-15H2,(H,28,33)(H,29,30)(H,31,32)/t17-,23?,24-/m1/s1. The van der Waals surface area contributed by atoms with Crippen LogP contribution in [0.1, 0.15) is 42.7 Å². The van der Waals surface area contributed by atoms with E-state index < -0.39 is 30.1 Å². The van der Waals surface area contributed by atoms with Crippen LogP contribution in [0.5, 0.6) is 0 Å². The molecule has 5 rings (SSSR count). The fourth-order valence-corrected chi connectivity index (χ4v) is 5.39. The summed E-state index contributed by atoms with van der Waals surface area (Å²) >= 11 is 0. The van der Waals surface area contributed by atoms with Crippen LogP contribution in [-0.2, 0) is 19.1 Å². The molecule has 1 heterocycles. The van der Waals surface area contributed by atoms with Crippen LogP contribution < -0.4 is 10.6 Å². The summed E-state index contributed by atoms with van der Waals surface area (Å²) in [5.74, 6) is -1.75. The molecule has 2 aliphatic carbocycles. The van der Waals surface area contributed by atoms with Gasteiger partial charge >= 0.3 is 12.1 Å². The van der Waals surface area contributed by atoms with E-state index in [0.29, 0.717) is 13.0 Å². The number of carboxylic acids is 1. The van der Waals surface area contributed by atoms with Gasteiger partial charge in [-0.1, -0.05) is 55.0 Å². The lowest BCUT2D eigenvalue weighted by Gasteiger charge is -2.32. The third-order valence-corrected chi connectivity index (χ3v) is 7.51. The van der Waals surface area contributed by atoms with Crippen LogP contribution in [0.25, 0.3) is 11.1 Å². The molecular formula is C27H30N2O6. The molecule has 2 amide bonds. The van der Waals surface area contributed by atoms with Gasteiger partial charge in [0.25, 0.3) is 0 Å². The minimum Gasteiger partial charge on any atom is -0.480 e. The second kappa shape index (κ2) is 10.1. The Morgan fingerprint density at radius 2 is 1.66 bits per heavy atom. The van der Waals surface area contributed by atoms with Crippen molar-refractivity contribution >= 4 is 18.0 Å². The lowest BCUT2D eigenvalue weighted by molar-refractivity contribution is -0.146. The van der Waals surface area contributed by atoms with Crippen molar-refractivity contribution in [2.75, 3.05) is 19.8 Å². The largest absolute Gasteiger partial charge is 0.480 e. The first-order valence-electron chi connectivity index (χ1n) is 12.3. The van der Waals surface area contributed by atoms with Gasteiger partial charge in [0.2, 0.25) is 5.91 Å². The third kappa shape index (κ3) is 4.75. The summed E-state index contributed by atoms with van der Waals surface area (Å²) in [6.45, 7) is 0.818. The number of benzene rings is 2. The van der Waals surface area contributed by atoms with Crippen molar-refractivity contribution in [3.05, 3.63) is 59.7 Å². The summed E-state index contributed by atoms with van der Waals surface area (Å²) in [5, 5.41) is 14.9. The van der Waals surface area contributed by atoms with Crippen molar-refractivity contribution < 1.29 is 29.0 Å². The molecule has 0 aromatic heterocycles. The Morgan fingerprint density at radius 3 is 2.26 bits per heavy atom. The molecule has 3 atom stereocenters. The van der Waals surface area contributed by atoms with Gasteiger partial charge in [0.05, 0.1) is 0 Å². The minimum atomic E-state index is -1.02. The zero-order valence-electron chi connectivity index (χ0n) is 19.4. The number of nitrogens with one attached hydrogen (secondary N) is 2. The summed E-state index contributed by atoms with van der Waals surface area (Å²) in [6, 6.07) is 15.4. The van der Waals surface area contributed by atoms with E-state index in [4.69, 9.17) is 9.47 Å². The highest BCUT2D eigenvalue weighted by Crippen LogP contribution is 2.44. The lowest BCUT2D eigenvalue weighted by atomic mass is 9.79. The van der Waals surface area contributed by atoms with Gasteiger partial charge in [0.15, 0.2) is 0 Å². The van der Waals surface area contributed by atoms with Crippen LogP contribution in [-0.4, -0.2) is 55.0 Å². The number of aliphatic carboxylic acids is 1. The highest BCUT2D eigenvalue weighted by Gasteiger charge is 2.39. The van der Waals surface area contributed by atoms with Crippen LogP contribution in [0.15, 0.2) is 48.5 Å². The molecule has 1 saturated heterocycles.